The zero-order chi connectivity index (χ0) is 22.5. The number of carbonyl (C=O) groups excluding carboxylic acids is 1. The molecule has 3 aromatic carbocycles. The molecule has 1 aliphatic rings. The maximum atomic E-state index is 13.3. The number of piperazine rings is 1. The van der Waals surface area contributed by atoms with Gasteiger partial charge in [-0.3, -0.25) is 9.69 Å². The summed E-state index contributed by atoms with van der Waals surface area (Å²) >= 11 is 12.3. The normalized spacial score (nSPS) is 15.7. The average Bonchev–Trinajstić information content (AvgIpc) is 2.83. The van der Waals surface area contributed by atoms with Gasteiger partial charge in [0, 0.05) is 36.2 Å². The van der Waals surface area contributed by atoms with Crippen LogP contribution in [0.5, 0.6) is 0 Å². The molecule has 0 aromatic heterocycles. The molecule has 3 nitrogen and oxygen atoms in total. The molecule has 0 bridgehead atoms. The number of amides is 1. The van der Waals surface area contributed by atoms with Gasteiger partial charge < -0.3 is 4.90 Å². The lowest BCUT2D eigenvalue weighted by Gasteiger charge is -2.40. The second kappa shape index (κ2) is 10.5. The second-order valence-corrected chi connectivity index (χ2v) is 9.11. The second-order valence-electron chi connectivity index (χ2n) is 8.24. The lowest BCUT2D eigenvalue weighted by Crippen LogP contribution is -2.51. The Labute approximate surface area is 200 Å². The van der Waals surface area contributed by atoms with Gasteiger partial charge >= 0.3 is 0 Å². The molecule has 166 valence electrons. The van der Waals surface area contributed by atoms with Crippen molar-refractivity contribution in [3.8, 4) is 0 Å². The Morgan fingerprint density at radius 2 is 1.25 bits per heavy atom. The van der Waals surface area contributed by atoms with Gasteiger partial charge in [0.2, 0.25) is 5.91 Å². The summed E-state index contributed by atoms with van der Waals surface area (Å²) in [5.41, 5.74) is 3.47. The maximum Gasteiger partial charge on any atom is 0.230 e. The van der Waals surface area contributed by atoms with Crippen molar-refractivity contribution >= 4 is 29.1 Å². The molecule has 1 amide bonds. The number of rotatable bonds is 6. The standard InChI is InChI=1S/C27H28Cl2N2O/c1-2-25(20-6-4-3-5-7-20)27(32)31-18-16-30(17-19-31)26(21-8-12-23(28)13-9-21)22-10-14-24(29)15-11-22/h3-15,25-26H,2,16-19H2,1H3. The summed E-state index contributed by atoms with van der Waals surface area (Å²) in [7, 11) is 0. The van der Waals surface area contributed by atoms with E-state index in [0.717, 1.165) is 48.2 Å². The molecule has 4 rings (SSSR count). The predicted octanol–water partition coefficient (Wildman–Crippen LogP) is 6.42. The lowest BCUT2D eigenvalue weighted by atomic mass is 9.94. The van der Waals surface area contributed by atoms with Crippen LogP contribution in [0.25, 0.3) is 0 Å². The summed E-state index contributed by atoms with van der Waals surface area (Å²) in [6, 6.07) is 26.3. The van der Waals surface area contributed by atoms with Gasteiger partial charge in [0.05, 0.1) is 12.0 Å². The Kier molecular flexibility index (Phi) is 7.51. The molecule has 0 aliphatic carbocycles. The van der Waals surface area contributed by atoms with E-state index in [1.54, 1.807) is 0 Å². The Morgan fingerprint density at radius 3 is 1.72 bits per heavy atom. The van der Waals surface area contributed by atoms with Crippen molar-refractivity contribution < 1.29 is 4.79 Å². The number of hydrogen-bond acceptors (Lipinski definition) is 2. The van der Waals surface area contributed by atoms with Gasteiger partial charge in [0.15, 0.2) is 0 Å². The van der Waals surface area contributed by atoms with Gasteiger partial charge in [-0.25, -0.2) is 0 Å². The van der Waals surface area contributed by atoms with Crippen LogP contribution in [0.2, 0.25) is 10.0 Å². The van der Waals surface area contributed by atoms with Crippen LogP contribution >= 0.6 is 23.2 Å². The van der Waals surface area contributed by atoms with E-state index < -0.39 is 0 Å². The highest BCUT2D eigenvalue weighted by molar-refractivity contribution is 6.30. The van der Waals surface area contributed by atoms with Crippen LogP contribution in [0.15, 0.2) is 78.9 Å². The Hall–Kier alpha value is -2.33. The molecule has 0 saturated carbocycles. The fourth-order valence-electron chi connectivity index (χ4n) is 4.56. The van der Waals surface area contributed by atoms with E-state index >= 15 is 0 Å². The Morgan fingerprint density at radius 1 is 0.750 bits per heavy atom. The molecule has 1 fully saturated rings. The van der Waals surface area contributed by atoms with Crippen LogP contribution in [-0.4, -0.2) is 41.9 Å². The van der Waals surface area contributed by atoms with Gasteiger partial charge in [-0.1, -0.05) is 84.7 Å². The third kappa shape index (κ3) is 5.17. The highest BCUT2D eigenvalue weighted by Gasteiger charge is 2.31. The van der Waals surface area contributed by atoms with Crippen molar-refractivity contribution in [3.05, 3.63) is 106 Å². The van der Waals surface area contributed by atoms with E-state index in [0.29, 0.717) is 0 Å². The molecule has 0 spiro atoms. The van der Waals surface area contributed by atoms with E-state index in [1.807, 2.05) is 47.4 Å². The van der Waals surface area contributed by atoms with Gasteiger partial charge in [-0.2, -0.15) is 0 Å². The van der Waals surface area contributed by atoms with Crippen LogP contribution in [-0.2, 0) is 4.79 Å². The zero-order valence-electron chi connectivity index (χ0n) is 18.3. The minimum atomic E-state index is -0.0777. The smallest absolute Gasteiger partial charge is 0.230 e. The highest BCUT2D eigenvalue weighted by atomic mass is 35.5. The minimum absolute atomic E-state index is 0.0777. The summed E-state index contributed by atoms with van der Waals surface area (Å²) in [5.74, 6) is 0.152. The van der Waals surface area contributed by atoms with Crippen LogP contribution in [0.3, 0.4) is 0 Å². The number of halogens is 2. The van der Waals surface area contributed by atoms with Gasteiger partial charge in [-0.05, 0) is 47.4 Å². The van der Waals surface area contributed by atoms with Crippen LogP contribution in [0, 0.1) is 0 Å². The molecule has 0 radical (unpaired) electrons. The van der Waals surface area contributed by atoms with E-state index in [9.17, 15) is 4.79 Å². The van der Waals surface area contributed by atoms with Crippen molar-refractivity contribution in [2.24, 2.45) is 0 Å². The molecular weight excluding hydrogens is 439 g/mol. The number of benzene rings is 3. The summed E-state index contributed by atoms with van der Waals surface area (Å²) in [6.07, 6.45) is 0.807. The first-order valence-electron chi connectivity index (χ1n) is 11.2. The Bertz CT molecular complexity index is 968. The summed E-state index contributed by atoms with van der Waals surface area (Å²) in [6.45, 7) is 5.16. The molecule has 1 aliphatic heterocycles. The van der Waals surface area contributed by atoms with Crippen molar-refractivity contribution in [2.75, 3.05) is 26.2 Å². The largest absolute Gasteiger partial charge is 0.340 e. The van der Waals surface area contributed by atoms with Crippen molar-refractivity contribution in [3.63, 3.8) is 0 Å². The Balaban J connectivity index is 1.51. The molecule has 5 heteroatoms. The summed E-state index contributed by atoms with van der Waals surface area (Å²) < 4.78 is 0. The lowest BCUT2D eigenvalue weighted by molar-refractivity contribution is -0.134. The first-order chi connectivity index (χ1) is 15.6. The van der Waals surface area contributed by atoms with Crippen molar-refractivity contribution in [1.82, 2.24) is 9.80 Å². The quantitative estimate of drug-likeness (QED) is 0.418. The molecular formula is C27H28Cl2N2O. The van der Waals surface area contributed by atoms with Gasteiger partial charge in [-0.15, -0.1) is 0 Å². The SMILES string of the molecule is CCC(C(=O)N1CCN(C(c2ccc(Cl)cc2)c2ccc(Cl)cc2)CC1)c1ccccc1. The zero-order valence-corrected chi connectivity index (χ0v) is 19.8. The average molecular weight is 467 g/mol. The van der Waals surface area contributed by atoms with E-state index in [1.165, 1.54) is 11.1 Å². The first kappa shape index (κ1) is 22.8. The summed E-state index contributed by atoms with van der Waals surface area (Å²) in [5, 5.41) is 1.45. The number of hydrogen-bond donors (Lipinski definition) is 0. The van der Waals surface area contributed by atoms with Crippen molar-refractivity contribution in [2.45, 2.75) is 25.3 Å². The van der Waals surface area contributed by atoms with Gasteiger partial charge in [0.25, 0.3) is 0 Å². The minimum Gasteiger partial charge on any atom is -0.340 e. The first-order valence-corrected chi connectivity index (χ1v) is 11.9. The predicted molar refractivity (Wildman–Crippen MR) is 132 cm³/mol. The highest BCUT2D eigenvalue weighted by Crippen LogP contribution is 2.32. The molecule has 0 N–H and O–H groups in total. The molecule has 1 unspecified atom stereocenters. The van der Waals surface area contributed by atoms with Crippen molar-refractivity contribution in [1.29, 1.82) is 0 Å². The fraction of sp³-hybridized carbons (Fsp3) is 0.296. The van der Waals surface area contributed by atoms with Gasteiger partial charge in [0.1, 0.15) is 0 Å². The molecule has 1 saturated heterocycles. The molecule has 1 atom stereocenters. The number of nitrogens with zero attached hydrogens (tertiary/aromatic N) is 2. The van der Waals surface area contributed by atoms with E-state index in [4.69, 9.17) is 23.2 Å². The van der Waals surface area contributed by atoms with E-state index in [-0.39, 0.29) is 17.9 Å². The molecule has 1 heterocycles. The molecule has 3 aromatic rings. The monoisotopic (exact) mass is 466 g/mol. The maximum absolute atomic E-state index is 13.3. The summed E-state index contributed by atoms with van der Waals surface area (Å²) in [4.78, 5) is 17.8. The third-order valence-electron chi connectivity index (χ3n) is 6.27. The number of carbonyl (C=O) groups is 1. The third-order valence-corrected chi connectivity index (χ3v) is 6.77. The fourth-order valence-corrected chi connectivity index (χ4v) is 4.82. The van der Waals surface area contributed by atoms with E-state index in [2.05, 4.69) is 48.2 Å². The van der Waals surface area contributed by atoms with Crippen LogP contribution in [0.1, 0.15) is 42.0 Å². The topological polar surface area (TPSA) is 23.6 Å². The van der Waals surface area contributed by atoms with Crippen LogP contribution in [0.4, 0.5) is 0 Å². The molecule has 32 heavy (non-hydrogen) atoms. The van der Waals surface area contributed by atoms with Crippen LogP contribution < -0.4 is 0 Å².